The van der Waals surface area contributed by atoms with E-state index in [1.807, 2.05) is 17.0 Å². The van der Waals surface area contributed by atoms with Crippen molar-refractivity contribution in [1.82, 2.24) is 15.1 Å². The summed E-state index contributed by atoms with van der Waals surface area (Å²) in [5, 5.41) is 3.11. The van der Waals surface area contributed by atoms with Crippen molar-refractivity contribution < 1.29 is 9.59 Å². The Morgan fingerprint density at radius 1 is 1.03 bits per heavy atom. The maximum absolute atomic E-state index is 13.0. The van der Waals surface area contributed by atoms with E-state index in [4.69, 9.17) is 0 Å². The van der Waals surface area contributed by atoms with Gasteiger partial charge in [0.2, 0.25) is 11.8 Å². The number of amides is 2. The fraction of sp³-hybridized carbons (Fsp3) is 0.680. The molecule has 1 N–H and O–H groups in total. The van der Waals surface area contributed by atoms with Gasteiger partial charge in [0.1, 0.15) is 0 Å². The summed E-state index contributed by atoms with van der Waals surface area (Å²) in [7, 11) is 0. The van der Waals surface area contributed by atoms with Crippen molar-refractivity contribution in [1.29, 1.82) is 0 Å². The Morgan fingerprint density at radius 2 is 1.77 bits per heavy atom. The molecule has 3 rings (SSSR count). The zero-order valence-electron chi connectivity index (χ0n) is 18.9. The highest BCUT2D eigenvalue weighted by Gasteiger charge is 2.39. The minimum atomic E-state index is 0.0133. The smallest absolute Gasteiger partial charge is 0.227 e. The Kier molecular flexibility index (Phi) is 8.32. The van der Waals surface area contributed by atoms with Crippen LogP contribution in [0.1, 0.15) is 69.4 Å². The van der Waals surface area contributed by atoms with E-state index in [9.17, 15) is 9.59 Å². The molecule has 1 aliphatic carbocycles. The molecule has 0 aromatic heterocycles. The standard InChI is InChI=1S/C25H39N3O2/c1-3-15-28-17-7-16-27(24(30)19-22-10-8-21(2)9-11-22)18-14-26-23(29)20-25(28)12-5-4-6-13-25/h8-11H,3-7,12-20H2,1-2H3,(H,26,29). The van der Waals surface area contributed by atoms with Crippen LogP contribution in [0.15, 0.2) is 24.3 Å². The summed E-state index contributed by atoms with van der Waals surface area (Å²) in [5.41, 5.74) is 2.27. The molecule has 2 amide bonds. The molecule has 1 aromatic rings. The molecule has 1 heterocycles. The second-order valence-corrected chi connectivity index (χ2v) is 9.20. The Labute approximate surface area is 182 Å². The number of aryl methyl sites for hydroxylation is 1. The molecular formula is C25H39N3O2. The average Bonchev–Trinajstić information content (AvgIpc) is 2.76. The van der Waals surface area contributed by atoms with E-state index < -0.39 is 0 Å². The molecule has 1 saturated carbocycles. The maximum atomic E-state index is 13.0. The topological polar surface area (TPSA) is 52.6 Å². The molecule has 30 heavy (non-hydrogen) atoms. The lowest BCUT2D eigenvalue weighted by Gasteiger charge is -2.46. The molecule has 1 aliphatic heterocycles. The van der Waals surface area contributed by atoms with Crippen LogP contribution in [0.25, 0.3) is 0 Å². The molecule has 0 unspecified atom stereocenters. The van der Waals surface area contributed by atoms with Crippen LogP contribution >= 0.6 is 0 Å². The normalized spacial score (nSPS) is 21.1. The largest absolute Gasteiger partial charge is 0.354 e. The highest BCUT2D eigenvalue weighted by atomic mass is 16.2. The van der Waals surface area contributed by atoms with E-state index in [-0.39, 0.29) is 17.4 Å². The fourth-order valence-electron chi connectivity index (χ4n) is 5.17. The van der Waals surface area contributed by atoms with Crippen LogP contribution in [0.2, 0.25) is 0 Å². The summed E-state index contributed by atoms with van der Waals surface area (Å²) in [6, 6.07) is 8.19. The zero-order chi connectivity index (χ0) is 21.4. The molecule has 0 atom stereocenters. The van der Waals surface area contributed by atoms with Crippen molar-refractivity contribution in [2.24, 2.45) is 0 Å². The molecule has 2 fully saturated rings. The van der Waals surface area contributed by atoms with Crippen molar-refractivity contribution in [2.75, 3.05) is 32.7 Å². The van der Waals surface area contributed by atoms with Crippen LogP contribution in [0, 0.1) is 6.92 Å². The molecule has 166 valence electrons. The third kappa shape index (κ3) is 6.07. The highest BCUT2D eigenvalue weighted by molar-refractivity contribution is 5.79. The predicted octanol–water partition coefficient (Wildman–Crippen LogP) is 3.69. The van der Waals surface area contributed by atoms with E-state index in [2.05, 4.69) is 36.2 Å². The van der Waals surface area contributed by atoms with Gasteiger partial charge < -0.3 is 10.2 Å². The summed E-state index contributed by atoms with van der Waals surface area (Å²) in [4.78, 5) is 30.3. The maximum Gasteiger partial charge on any atom is 0.227 e. The predicted molar refractivity (Wildman–Crippen MR) is 121 cm³/mol. The van der Waals surface area contributed by atoms with Gasteiger partial charge in [0.25, 0.3) is 0 Å². The van der Waals surface area contributed by atoms with Gasteiger partial charge in [0.15, 0.2) is 0 Å². The van der Waals surface area contributed by atoms with Crippen molar-refractivity contribution in [2.45, 2.75) is 77.2 Å². The minimum absolute atomic E-state index is 0.0133. The van der Waals surface area contributed by atoms with Gasteiger partial charge in [0.05, 0.1) is 6.42 Å². The summed E-state index contributed by atoms with van der Waals surface area (Å²) < 4.78 is 0. The number of carbonyl (C=O) groups excluding carboxylic acids is 2. The molecule has 0 bridgehead atoms. The lowest BCUT2D eigenvalue weighted by molar-refractivity contribution is -0.131. The van der Waals surface area contributed by atoms with Gasteiger partial charge in [-0.15, -0.1) is 0 Å². The number of carbonyl (C=O) groups is 2. The molecule has 1 spiro atoms. The Morgan fingerprint density at radius 3 is 2.47 bits per heavy atom. The average molecular weight is 414 g/mol. The van der Waals surface area contributed by atoms with Gasteiger partial charge in [-0.1, -0.05) is 56.0 Å². The van der Waals surface area contributed by atoms with E-state index >= 15 is 0 Å². The molecule has 1 saturated heterocycles. The van der Waals surface area contributed by atoms with Crippen LogP contribution in [0.5, 0.6) is 0 Å². The van der Waals surface area contributed by atoms with Crippen molar-refractivity contribution >= 4 is 11.8 Å². The first-order valence-electron chi connectivity index (χ1n) is 11.9. The number of hydrogen-bond acceptors (Lipinski definition) is 3. The van der Waals surface area contributed by atoms with Crippen LogP contribution < -0.4 is 5.32 Å². The second kappa shape index (κ2) is 10.9. The number of hydrogen-bond donors (Lipinski definition) is 1. The number of nitrogens with zero attached hydrogens (tertiary/aromatic N) is 2. The van der Waals surface area contributed by atoms with E-state index in [0.29, 0.717) is 25.9 Å². The SMILES string of the molecule is CCCN1CCCN(C(=O)Cc2ccc(C)cc2)CCNC(=O)CC12CCCCC2. The first-order chi connectivity index (χ1) is 14.5. The number of benzene rings is 1. The highest BCUT2D eigenvalue weighted by Crippen LogP contribution is 2.37. The lowest BCUT2D eigenvalue weighted by Crippen LogP contribution is -2.53. The first kappa shape index (κ1) is 22.8. The third-order valence-electron chi connectivity index (χ3n) is 6.83. The van der Waals surface area contributed by atoms with Crippen LogP contribution in [0.4, 0.5) is 0 Å². The number of nitrogens with one attached hydrogen (secondary N) is 1. The first-order valence-corrected chi connectivity index (χ1v) is 11.9. The molecule has 1 aromatic carbocycles. The second-order valence-electron chi connectivity index (χ2n) is 9.20. The zero-order valence-corrected chi connectivity index (χ0v) is 18.9. The number of rotatable bonds is 4. The monoisotopic (exact) mass is 413 g/mol. The summed E-state index contributed by atoms with van der Waals surface area (Å²) in [6.07, 6.45) is 9.05. The fourth-order valence-corrected chi connectivity index (χ4v) is 5.17. The summed E-state index contributed by atoms with van der Waals surface area (Å²) in [6.45, 7) is 8.18. The third-order valence-corrected chi connectivity index (χ3v) is 6.83. The van der Waals surface area contributed by atoms with E-state index in [1.54, 1.807) is 0 Å². The molecular weight excluding hydrogens is 374 g/mol. The Hall–Kier alpha value is -1.88. The van der Waals surface area contributed by atoms with Gasteiger partial charge in [-0.25, -0.2) is 0 Å². The minimum Gasteiger partial charge on any atom is -0.354 e. The van der Waals surface area contributed by atoms with Gasteiger partial charge in [-0.05, 0) is 44.7 Å². The van der Waals surface area contributed by atoms with Crippen LogP contribution in [-0.2, 0) is 16.0 Å². The van der Waals surface area contributed by atoms with E-state index in [1.165, 1.54) is 24.8 Å². The lowest BCUT2D eigenvalue weighted by atomic mass is 9.77. The molecule has 0 radical (unpaired) electrons. The summed E-state index contributed by atoms with van der Waals surface area (Å²) >= 11 is 0. The Bertz CT molecular complexity index is 695. The van der Waals surface area contributed by atoms with Crippen LogP contribution in [-0.4, -0.2) is 59.9 Å². The molecule has 5 heteroatoms. The molecule has 2 aliphatic rings. The van der Waals surface area contributed by atoms with Crippen molar-refractivity contribution in [3.05, 3.63) is 35.4 Å². The molecule has 5 nitrogen and oxygen atoms in total. The Balaban J connectivity index is 1.69. The van der Waals surface area contributed by atoms with Gasteiger partial charge >= 0.3 is 0 Å². The van der Waals surface area contributed by atoms with Crippen molar-refractivity contribution in [3.8, 4) is 0 Å². The van der Waals surface area contributed by atoms with Gasteiger partial charge in [0, 0.05) is 38.1 Å². The summed E-state index contributed by atoms with van der Waals surface area (Å²) in [5.74, 6) is 0.299. The van der Waals surface area contributed by atoms with Gasteiger partial charge in [-0.2, -0.15) is 0 Å². The quantitative estimate of drug-likeness (QED) is 0.819. The van der Waals surface area contributed by atoms with Gasteiger partial charge in [-0.3, -0.25) is 14.5 Å². The van der Waals surface area contributed by atoms with E-state index in [0.717, 1.165) is 50.9 Å². The van der Waals surface area contributed by atoms with Crippen molar-refractivity contribution in [3.63, 3.8) is 0 Å². The van der Waals surface area contributed by atoms with Crippen LogP contribution in [0.3, 0.4) is 0 Å².